The van der Waals surface area contributed by atoms with E-state index in [-0.39, 0.29) is 12.4 Å². The van der Waals surface area contributed by atoms with Crippen molar-refractivity contribution in [2.45, 2.75) is 26.3 Å². The van der Waals surface area contributed by atoms with Crippen LogP contribution < -0.4 is 10.6 Å². The number of halogens is 3. The van der Waals surface area contributed by atoms with Crippen molar-refractivity contribution in [1.82, 2.24) is 9.97 Å². The lowest BCUT2D eigenvalue weighted by Gasteiger charge is -2.32. The van der Waals surface area contributed by atoms with Gasteiger partial charge in [0.25, 0.3) is 0 Å². The van der Waals surface area contributed by atoms with Gasteiger partial charge in [0, 0.05) is 48.7 Å². The van der Waals surface area contributed by atoms with Crippen molar-refractivity contribution in [3.63, 3.8) is 0 Å². The molecule has 30 heavy (non-hydrogen) atoms. The summed E-state index contributed by atoms with van der Waals surface area (Å²) in [5.74, 6) is 0. The van der Waals surface area contributed by atoms with Gasteiger partial charge in [0.2, 0.25) is 0 Å². The van der Waals surface area contributed by atoms with Gasteiger partial charge in [0.15, 0.2) is 0 Å². The molecule has 5 N–H and O–H groups in total. The van der Waals surface area contributed by atoms with Crippen LogP contribution in [0.1, 0.15) is 20.8 Å². The molecule has 0 spiro atoms. The number of nitrogens with zero attached hydrogens (tertiary/aromatic N) is 1. The van der Waals surface area contributed by atoms with Crippen LogP contribution in [-0.2, 0) is 0 Å². The molecule has 9 heteroatoms. The minimum absolute atomic E-state index is 0. The van der Waals surface area contributed by atoms with Crippen molar-refractivity contribution < 1.29 is 9.90 Å². The molecule has 0 saturated heterocycles. The average Bonchev–Trinajstić information content (AvgIpc) is 3.18. The number of nitrogens with one attached hydrogen (secondary N) is 2. The number of H-pyrrole nitrogens is 2. The monoisotopic (exact) mass is 556 g/mol. The van der Waals surface area contributed by atoms with Gasteiger partial charge in [0.05, 0.1) is 11.4 Å². The number of hydrogen-bond donors (Lipinski definition) is 4. The van der Waals surface area contributed by atoms with E-state index in [0.717, 1.165) is 36.4 Å². The highest BCUT2D eigenvalue weighted by molar-refractivity contribution is 9.10. The number of anilines is 2. The number of nitrogens with two attached hydrogens (primary N) is 1. The zero-order valence-corrected chi connectivity index (χ0v) is 20.7. The molecule has 0 radical (unpaired) electrons. The molecule has 0 saturated carbocycles. The topological polar surface area (TPSA) is 98.1 Å². The standard InChI is InChI=1S/C13H15BrN2O2.C8H7BrN2.ClH/c1-13(2,3)16(12(17)18)11-7-15-10-5-4-8(14)6-9(10)11;9-5-1-2-8-6(3-5)7(10)4-11-8;/h4-7,15H,1-3H3,(H,17,18);1-4,11H,10H2;1H. The van der Waals surface area contributed by atoms with Gasteiger partial charge < -0.3 is 20.8 Å². The second-order valence-electron chi connectivity index (χ2n) is 7.59. The molecule has 0 atom stereocenters. The van der Waals surface area contributed by atoms with Crippen molar-refractivity contribution in [2.75, 3.05) is 10.6 Å². The molecular formula is C21H23Br2ClN4O2. The maximum atomic E-state index is 11.5. The van der Waals surface area contributed by atoms with E-state index in [9.17, 15) is 9.90 Å². The number of benzene rings is 2. The summed E-state index contributed by atoms with van der Waals surface area (Å²) < 4.78 is 1.98. The second kappa shape index (κ2) is 9.32. The fourth-order valence-electron chi connectivity index (χ4n) is 3.13. The van der Waals surface area contributed by atoms with E-state index in [1.807, 2.05) is 57.2 Å². The van der Waals surface area contributed by atoms with Crippen LogP contribution in [0.2, 0.25) is 0 Å². The van der Waals surface area contributed by atoms with Crippen molar-refractivity contribution in [3.8, 4) is 0 Å². The van der Waals surface area contributed by atoms with Crippen LogP contribution in [0, 0.1) is 0 Å². The lowest BCUT2D eigenvalue weighted by Crippen LogP contribution is -2.45. The summed E-state index contributed by atoms with van der Waals surface area (Å²) >= 11 is 6.79. The van der Waals surface area contributed by atoms with Crippen LogP contribution in [0.5, 0.6) is 0 Å². The third kappa shape index (κ3) is 5.11. The number of hydrogen-bond acceptors (Lipinski definition) is 2. The molecule has 2 aromatic heterocycles. The Labute approximate surface area is 197 Å². The SMILES string of the molecule is CC(C)(C)N(C(=O)O)c1c[nH]c2ccc(Br)cc12.Cl.Nc1c[nH]c2ccc(Br)cc12. The average molecular weight is 559 g/mol. The first-order valence-electron chi connectivity index (χ1n) is 8.90. The second-order valence-corrected chi connectivity index (χ2v) is 9.42. The number of amides is 1. The van der Waals surface area contributed by atoms with E-state index in [1.54, 1.807) is 12.4 Å². The minimum Gasteiger partial charge on any atom is -0.465 e. The quantitative estimate of drug-likeness (QED) is 0.200. The number of carbonyl (C=O) groups is 1. The van der Waals surface area contributed by atoms with Gasteiger partial charge in [-0.2, -0.15) is 0 Å². The summed E-state index contributed by atoms with van der Waals surface area (Å²) in [5, 5.41) is 11.4. The molecule has 0 unspecified atom stereocenters. The summed E-state index contributed by atoms with van der Waals surface area (Å²) in [7, 11) is 0. The Morgan fingerprint density at radius 3 is 2.00 bits per heavy atom. The normalized spacial score (nSPS) is 11.0. The van der Waals surface area contributed by atoms with Crippen molar-refractivity contribution in [1.29, 1.82) is 0 Å². The van der Waals surface area contributed by atoms with Gasteiger partial charge in [-0.05, 0) is 57.2 Å². The Kier molecular flexibility index (Phi) is 7.49. The molecule has 6 nitrogen and oxygen atoms in total. The number of rotatable bonds is 1. The van der Waals surface area contributed by atoms with Crippen molar-refractivity contribution >= 4 is 83.5 Å². The molecule has 4 rings (SSSR count). The Balaban J connectivity index is 0.000000229. The number of carboxylic acid groups (broad SMARTS) is 1. The first-order chi connectivity index (χ1) is 13.6. The summed E-state index contributed by atoms with van der Waals surface area (Å²) in [4.78, 5) is 19.0. The number of aromatic nitrogens is 2. The summed E-state index contributed by atoms with van der Waals surface area (Å²) in [6.45, 7) is 5.62. The van der Waals surface area contributed by atoms with Crippen molar-refractivity contribution in [2.24, 2.45) is 0 Å². The van der Waals surface area contributed by atoms with Gasteiger partial charge in [-0.25, -0.2) is 4.79 Å². The number of aromatic amines is 2. The van der Waals surface area contributed by atoms with E-state index >= 15 is 0 Å². The van der Waals surface area contributed by atoms with Gasteiger partial charge >= 0.3 is 6.09 Å². The maximum Gasteiger partial charge on any atom is 0.412 e. The van der Waals surface area contributed by atoms with E-state index in [2.05, 4.69) is 41.8 Å². The predicted octanol–water partition coefficient (Wildman–Crippen LogP) is 7.15. The molecule has 4 aromatic rings. The van der Waals surface area contributed by atoms with E-state index in [0.29, 0.717) is 5.69 Å². The van der Waals surface area contributed by atoms with Crippen LogP contribution >= 0.6 is 44.3 Å². The Bertz CT molecular complexity index is 1180. The number of nitrogen functional groups attached to an aromatic ring is 1. The lowest BCUT2D eigenvalue weighted by molar-refractivity contribution is 0.196. The summed E-state index contributed by atoms with van der Waals surface area (Å²) in [6, 6.07) is 11.7. The Morgan fingerprint density at radius 1 is 0.967 bits per heavy atom. The number of fused-ring (bicyclic) bond motifs is 2. The molecule has 0 bridgehead atoms. The molecule has 0 fully saturated rings. The Morgan fingerprint density at radius 2 is 1.47 bits per heavy atom. The lowest BCUT2D eigenvalue weighted by atomic mass is 10.1. The zero-order chi connectivity index (χ0) is 21.3. The summed E-state index contributed by atoms with van der Waals surface area (Å²) in [5.41, 5.74) is 8.66. The first-order valence-corrected chi connectivity index (χ1v) is 10.5. The Hall–Kier alpha value is -2.16. The van der Waals surface area contributed by atoms with Crippen LogP contribution in [-0.4, -0.2) is 26.7 Å². The predicted molar refractivity (Wildman–Crippen MR) is 134 cm³/mol. The van der Waals surface area contributed by atoms with Gasteiger partial charge in [-0.3, -0.25) is 4.90 Å². The minimum atomic E-state index is -0.955. The smallest absolute Gasteiger partial charge is 0.412 e. The summed E-state index contributed by atoms with van der Waals surface area (Å²) in [6.07, 6.45) is 2.58. The van der Waals surface area contributed by atoms with Gasteiger partial charge in [0.1, 0.15) is 0 Å². The highest BCUT2D eigenvalue weighted by Gasteiger charge is 2.29. The van der Waals surface area contributed by atoms with Crippen LogP contribution in [0.15, 0.2) is 57.7 Å². The molecule has 0 aliphatic heterocycles. The van der Waals surface area contributed by atoms with Crippen molar-refractivity contribution in [3.05, 3.63) is 57.7 Å². The fourth-order valence-corrected chi connectivity index (χ4v) is 3.85. The fraction of sp³-hybridized carbons (Fsp3) is 0.190. The van der Waals surface area contributed by atoms with Gasteiger partial charge in [-0.15, -0.1) is 12.4 Å². The molecule has 160 valence electrons. The largest absolute Gasteiger partial charge is 0.465 e. The molecule has 0 aliphatic carbocycles. The highest BCUT2D eigenvalue weighted by atomic mass is 79.9. The highest BCUT2D eigenvalue weighted by Crippen LogP contribution is 2.33. The van der Waals surface area contributed by atoms with Gasteiger partial charge in [-0.1, -0.05) is 31.9 Å². The van der Waals surface area contributed by atoms with E-state index in [4.69, 9.17) is 5.73 Å². The third-order valence-electron chi connectivity index (χ3n) is 4.40. The van der Waals surface area contributed by atoms with E-state index in [1.165, 1.54) is 4.90 Å². The molecule has 1 amide bonds. The molecule has 2 heterocycles. The molecular weight excluding hydrogens is 536 g/mol. The molecule has 2 aromatic carbocycles. The van der Waals surface area contributed by atoms with Crippen LogP contribution in [0.4, 0.5) is 16.2 Å². The van der Waals surface area contributed by atoms with Crippen LogP contribution in [0.3, 0.4) is 0 Å². The molecule has 0 aliphatic rings. The maximum absolute atomic E-state index is 11.5. The third-order valence-corrected chi connectivity index (χ3v) is 5.39. The van der Waals surface area contributed by atoms with Crippen LogP contribution in [0.25, 0.3) is 21.8 Å². The van der Waals surface area contributed by atoms with E-state index < -0.39 is 11.6 Å². The zero-order valence-electron chi connectivity index (χ0n) is 16.7. The first kappa shape index (κ1) is 24.1.